The molecule has 0 aromatic carbocycles. The summed E-state index contributed by atoms with van der Waals surface area (Å²) in [6.45, 7) is -0.773. The van der Waals surface area contributed by atoms with Crippen molar-refractivity contribution in [2.45, 2.75) is 18.8 Å². The van der Waals surface area contributed by atoms with Crippen LogP contribution in [0.15, 0.2) is 6.20 Å². The van der Waals surface area contributed by atoms with Gasteiger partial charge in [0.25, 0.3) is 0 Å². The lowest BCUT2D eigenvalue weighted by Gasteiger charge is -2.13. The fourth-order valence-corrected chi connectivity index (χ4v) is 0.737. The summed E-state index contributed by atoms with van der Waals surface area (Å²) in [5, 5.41) is 15.1. The predicted octanol–water partition coefficient (Wildman–Crippen LogP) is 0.0138. The summed E-state index contributed by atoms with van der Waals surface area (Å²) in [6.07, 6.45) is -5.85. The Hall–Kier alpha value is -1.44. The number of rotatable bonds is 3. The number of aliphatic hydroxyl groups excluding tert-OH is 1. The Kier molecular flexibility index (Phi) is 2.84. The third-order valence-electron chi connectivity index (χ3n) is 1.41. The highest BCUT2D eigenvalue weighted by Gasteiger charge is 2.38. The Morgan fingerprint density at radius 2 is 2.29 bits per heavy atom. The van der Waals surface area contributed by atoms with Crippen LogP contribution in [0.25, 0.3) is 0 Å². The number of hydrogen-bond acceptors (Lipinski definition) is 4. The quantitative estimate of drug-likeness (QED) is 0.712. The summed E-state index contributed by atoms with van der Waals surface area (Å²) in [7, 11) is 0. The van der Waals surface area contributed by atoms with E-state index in [0.717, 1.165) is 10.9 Å². The molecule has 1 atom stereocenters. The molecule has 1 aromatic heterocycles. The van der Waals surface area contributed by atoms with Gasteiger partial charge in [0.05, 0.1) is 12.7 Å². The van der Waals surface area contributed by atoms with Crippen LogP contribution in [0.4, 0.5) is 13.2 Å². The fourth-order valence-electron chi connectivity index (χ4n) is 0.737. The van der Waals surface area contributed by atoms with Crippen molar-refractivity contribution in [1.82, 2.24) is 15.0 Å². The molecule has 0 fully saturated rings. The highest BCUT2D eigenvalue weighted by atomic mass is 19.4. The van der Waals surface area contributed by atoms with E-state index in [1.54, 1.807) is 0 Å². The van der Waals surface area contributed by atoms with Crippen LogP contribution in [0.2, 0.25) is 0 Å². The number of aldehydes is 1. The lowest BCUT2D eigenvalue weighted by Crippen LogP contribution is -2.32. The minimum Gasteiger partial charge on any atom is -0.382 e. The van der Waals surface area contributed by atoms with Crippen molar-refractivity contribution in [2.75, 3.05) is 0 Å². The van der Waals surface area contributed by atoms with Gasteiger partial charge in [0.2, 0.25) is 0 Å². The second-order valence-corrected chi connectivity index (χ2v) is 2.54. The summed E-state index contributed by atoms with van der Waals surface area (Å²) in [5.74, 6) is 0. The summed E-state index contributed by atoms with van der Waals surface area (Å²) >= 11 is 0. The largest absolute Gasteiger partial charge is 0.416 e. The van der Waals surface area contributed by atoms with Crippen LogP contribution < -0.4 is 0 Å². The van der Waals surface area contributed by atoms with Gasteiger partial charge in [-0.2, -0.15) is 13.2 Å². The van der Waals surface area contributed by atoms with Crippen LogP contribution >= 0.6 is 0 Å². The van der Waals surface area contributed by atoms with Gasteiger partial charge in [-0.25, -0.2) is 4.68 Å². The average Bonchev–Trinajstić information content (AvgIpc) is 2.50. The molecule has 0 spiro atoms. The van der Waals surface area contributed by atoms with E-state index in [1.165, 1.54) is 0 Å². The molecule has 1 aromatic rings. The topological polar surface area (TPSA) is 68.0 Å². The smallest absolute Gasteiger partial charge is 0.382 e. The minimum absolute atomic E-state index is 0.0839. The summed E-state index contributed by atoms with van der Waals surface area (Å²) in [5.41, 5.74) is -0.0839. The van der Waals surface area contributed by atoms with Crippen molar-refractivity contribution in [3.63, 3.8) is 0 Å². The van der Waals surface area contributed by atoms with Gasteiger partial charge >= 0.3 is 6.18 Å². The molecule has 1 heterocycles. The Morgan fingerprint density at radius 3 is 2.71 bits per heavy atom. The van der Waals surface area contributed by atoms with Gasteiger partial charge in [0.1, 0.15) is 5.69 Å². The van der Waals surface area contributed by atoms with Crippen molar-refractivity contribution in [3.8, 4) is 0 Å². The van der Waals surface area contributed by atoms with E-state index < -0.39 is 18.8 Å². The zero-order chi connectivity index (χ0) is 10.8. The first-order chi connectivity index (χ1) is 6.43. The van der Waals surface area contributed by atoms with E-state index in [0.29, 0.717) is 6.29 Å². The molecule has 0 bridgehead atoms. The number of nitrogens with zero attached hydrogens (tertiary/aromatic N) is 3. The predicted molar refractivity (Wildman–Crippen MR) is 37.5 cm³/mol. The number of alkyl halides is 3. The van der Waals surface area contributed by atoms with Crippen LogP contribution in [0.1, 0.15) is 10.5 Å². The molecule has 8 heteroatoms. The van der Waals surface area contributed by atoms with Gasteiger partial charge in [0.15, 0.2) is 12.4 Å². The normalized spacial score (nSPS) is 14.0. The van der Waals surface area contributed by atoms with Gasteiger partial charge in [0, 0.05) is 0 Å². The van der Waals surface area contributed by atoms with Crippen LogP contribution in [-0.2, 0) is 6.54 Å². The van der Waals surface area contributed by atoms with Crippen LogP contribution in [0, 0.1) is 0 Å². The second-order valence-electron chi connectivity index (χ2n) is 2.54. The van der Waals surface area contributed by atoms with E-state index in [2.05, 4.69) is 10.3 Å². The summed E-state index contributed by atoms with van der Waals surface area (Å²) < 4.78 is 36.3. The number of aromatic nitrogens is 3. The maximum atomic E-state index is 11.8. The molecule has 78 valence electrons. The maximum absolute atomic E-state index is 11.8. The highest BCUT2D eigenvalue weighted by molar-refractivity contribution is 5.70. The zero-order valence-electron chi connectivity index (χ0n) is 6.77. The number of hydrogen-bond donors (Lipinski definition) is 1. The maximum Gasteiger partial charge on any atom is 0.416 e. The van der Waals surface area contributed by atoms with Gasteiger partial charge in [-0.3, -0.25) is 4.79 Å². The van der Waals surface area contributed by atoms with Crippen molar-refractivity contribution in [3.05, 3.63) is 11.9 Å². The van der Waals surface area contributed by atoms with Crippen molar-refractivity contribution in [1.29, 1.82) is 0 Å². The van der Waals surface area contributed by atoms with Gasteiger partial charge in [-0.05, 0) is 0 Å². The van der Waals surface area contributed by atoms with Crippen LogP contribution in [-0.4, -0.2) is 38.7 Å². The van der Waals surface area contributed by atoms with E-state index in [-0.39, 0.29) is 5.69 Å². The summed E-state index contributed by atoms with van der Waals surface area (Å²) in [6, 6.07) is 0. The summed E-state index contributed by atoms with van der Waals surface area (Å²) in [4.78, 5) is 10.1. The third-order valence-corrected chi connectivity index (χ3v) is 1.41. The van der Waals surface area contributed by atoms with Gasteiger partial charge < -0.3 is 5.11 Å². The molecular formula is C6H6F3N3O2. The van der Waals surface area contributed by atoms with E-state index in [4.69, 9.17) is 5.11 Å². The lowest BCUT2D eigenvalue weighted by molar-refractivity contribution is -0.208. The molecule has 0 aliphatic carbocycles. The SMILES string of the molecule is O=Cc1cn(CC(O)C(F)(F)F)nn1. The molecule has 0 aliphatic rings. The van der Waals surface area contributed by atoms with Gasteiger partial charge in [-0.15, -0.1) is 5.10 Å². The van der Waals surface area contributed by atoms with E-state index in [9.17, 15) is 18.0 Å². The monoisotopic (exact) mass is 209 g/mol. The Balaban J connectivity index is 2.65. The molecule has 1 N–H and O–H groups in total. The molecule has 0 saturated carbocycles. The van der Waals surface area contributed by atoms with Crippen LogP contribution in [0.3, 0.4) is 0 Å². The molecule has 5 nitrogen and oxygen atoms in total. The molecule has 0 aliphatic heterocycles. The first kappa shape index (κ1) is 10.6. The fraction of sp³-hybridized carbons (Fsp3) is 0.500. The number of carbonyl (C=O) groups excluding carboxylic acids is 1. The molecule has 0 saturated heterocycles. The Bertz CT molecular complexity index is 322. The first-order valence-electron chi connectivity index (χ1n) is 3.53. The van der Waals surface area contributed by atoms with Crippen molar-refractivity contribution < 1.29 is 23.1 Å². The number of halogens is 3. The van der Waals surface area contributed by atoms with Gasteiger partial charge in [-0.1, -0.05) is 5.21 Å². The van der Waals surface area contributed by atoms with Crippen LogP contribution in [0.5, 0.6) is 0 Å². The molecule has 1 unspecified atom stereocenters. The molecule has 14 heavy (non-hydrogen) atoms. The third kappa shape index (κ3) is 2.52. The van der Waals surface area contributed by atoms with E-state index >= 15 is 0 Å². The Morgan fingerprint density at radius 1 is 1.64 bits per heavy atom. The van der Waals surface area contributed by atoms with Crippen molar-refractivity contribution in [2.24, 2.45) is 0 Å². The standard InChI is InChI=1S/C6H6F3N3O2/c7-6(8,9)5(14)2-12-1-4(3-13)10-11-12/h1,3,5,14H,2H2. The molecular weight excluding hydrogens is 203 g/mol. The lowest BCUT2D eigenvalue weighted by atomic mass is 10.3. The zero-order valence-corrected chi connectivity index (χ0v) is 6.77. The first-order valence-corrected chi connectivity index (χ1v) is 3.53. The average molecular weight is 209 g/mol. The Labute approximate surface area is 76.1 Å². The molecule has 0 radical (unpaired) electrons. The minimum atomic E-state index is -4.70. The highest BCUT2D eigenvalue weighted by Crippen LogP contribution is 2.20. The van der Waals surface area contributed by atoms with E-state index in [1.807, 2.05) is 0 Å². The van der Waals surface area contributed by atoms with Crippen molar-refractivity contribution >= 4 is 6.29 Å². The molecule has 1 rings (SSSR count). The molecule has 0 amide bonds. The number of carbonyl (C=O) groups is 1. The second kappa shape index (κ2) is 3.74. The number of aliphatic hydroxyl groups is 1.